The molecule has 6 heteroatoms. The van der Waals surface area contributed by atoms with Gasteiger partial charge in [-0.1, -0.05) is 0 Å². The normalized spacial score (nSPS) is 19.0. The third kappa shape index (κ3) is 2.34. The minimum Gasteiger partial charge on any atom is -0.391 e. The van der Waals surface area contributed by atoms with Gasteiger partial charge in [0, 0.05) is 30.5 Å². The molecule has 0 bridgehead atoms. The summed E-state index contributed by atoms with van der Waals surface area (Å²) in [4.78, 5) is 11.5. The molecule has 0 saturated carbocycles. The fourth-order valence-corrected chi connectivity index (χ4v) is 3.51. The number of fused-ring (bicyclic) bond motifs is 3. The highest BCUT2D eigenvalue weighted by molar-refractivity contribution is 5.93. The Kier molecular flexibility index (Phi) is 3.23. The van der Waals surface area contributed by atoms with Gasteiger partial charge in [0.2, 0.25) is 0 Å². The van der Waals surface area contributed by atoms with Gasteiger partial charge in [-0.15, -0.1) is 5.10 Å². The van der Waals surface area contributed by atoms with E-state index in [1.54, 1.807) is 0 Å². The minimum absolute atomic E-state index is 0.278. The average molecular weight is 311 g/mol. The highest BCUT2D eigenvalue weighted by Gasteiger charge is 2.22. The van der Waals surface area contributed by atoms with Gasteiger partial charge in [-0.2, -0.15) is 4.52 Å². The Hall–Kier alpha value is -2.21. The van der Waals surface area contributed by atoms with Crippen LogP contribution in [-0.4, -0.2) is 43.9 Å². The van der Waals surface area contributed by atoms with E-state index in [1.807, 2.05) is 24.4 Å². The van der Waals surface area contributed by atoms with Gasteiger partial charge >= 0.3 is 0 Å². The zero-order chi connectivity index (χ0) is 16.1. The Bertz CT molecular complexity index is 901. The largest absolute Gasteiger partial charge is 0.391 e. The summed E-state index contributed by atoms with van der Waals surface area (Å²) in [5.41, 5.74) is 4.64. The summed E-state index contributed by atoms with van der Waals surface area (Å²) in [5, 5.41) is 15.7. The molecule has 23 heavy (non-hydrogen) atoms. The first-order valence-electron chi connectivity index (χ1n) is 8.10. The van der Waals surface area contributed by atoms with Crippen LogP contribution in [0.2, 0.25) is 0 Å². The second-order valence-corrected chi connectivity index (χ2v) is 6.51. The van der Waals surface area contributed by atoms with Crippen molar-refractivity contribution in [3.05, 3.63) is 29.1 Å². The average Bonchev–Trinajstić information content (AvgIpc) is 2.84. The van der Waals surface area contributed by atoms with Crippen molar-refractivity contribution in [1.29, 1.82) is 0 Å². The van der Waals surface area contributed by atoms with E-state index in [0.29, 0.717) is 6.54 Å². The van der Waals surface area contributed by atoms with Crippen LogP contribution in [0.5, 0.6) is 0 Å². The zero-order valence-electron chi connectivity index (χ0n) is 13.7. The van der Waals surface area contributed by atoms with Gasteiger partial charge in [0.25, 0.3) is 0 Å². The van der Waals surface area contributed by atoms with Gasteiger partial charge in [0.1, 0.15) is 5.82 Å². The molecule has 3 aromatic heterocycles. The highest BCUT2D eigenvalue weighted by atomic mass is 16.3. The van der Waals surface area contributed by atoms with Crippen LogP contribution in [0.25, 0.3) is 16.7 Å². The minimum atomic E-state index is -0.278. The van der Waals surface area contributed by atoms with E-state index in [2.05, 4.69) is 22.9 Å². The molecule has 0 aliphatic carbocycles. The quantitative estimate of drug-likeness (QED) is 0.746. The number of rotatable bonds is 1. The molecular formula is C17H21N5O. The van der Waals surface area contributed by atoms with E-state index >= 15 is 0 Å². The molecular weight excluding hydrogens is 290 g/mol. The summed E-state index contributed by atoms with van der Waals surface area (Å²) < 4.78 is 1.88. The summed E-state index contributed by atoms with van der Waals surface area (Å²) in [6.45, 7) is 7.63. The summed E-state index contributed by atoms with van der Waals surface area (Å²) in [6.07, 6.45) is 1.57. The fourth-order valence-electron chi connectivity index (χ4n) is 3.51. The number of piperidine rings is 1. The first kappa shape index (κ1) is 14.4. The van der Waals surface area contributed by atoms with E-state index in [4.69, 9.17) is 10.1 Å². The predicted molar refractivity (Wildman–Crippen MR) is 90.0 cm³/mol. The molecule has 1 atom stereocenters. The smallest absolute Gasteiger partial charge is 0.184 e. The van der Waals surface area contributed by atoms with Crippen molar-refractivity contribution in [2.24, 2.45) is 0 Å². The molecule has 0 aromatic carbocycles. The second-order valence-electron chi connectivity index (χ2n) is 6.51. The highest BCUT2D eigenvalue weighted by Crippen LogP contribution is 2.27. The number of nitrogens with zero attached hydrogens (tertiary/aromatic N) is 5. The number of β-amino-alcohol motifs (C(OH)–C–C–N with tert-alkyl or cyclic N) is 1. The third-order valence-electron chi connectivity index (χ3n) is 4.50. The SMILES string of the molecule is Cc1cc(C)c2c(n1)nn1c(N3CCC[C@@H](O)C3)cc(C)nc21. The molecule has 3 aromatic rings. The van der Waals surface area contributed by atoms with Crippen molar-refractivity contribution in [2.75, 3.05) is 18.0 Å². The van der Waals surface area contributed by atoms with Crippen molar-refractivity contribution in [3.8, 4) is 0 Å². The van der Waals surface area contributed by atoms with Crippen molar-refractivity contribution in [2.45, 2.75) is 39.7 Å². The maximum atomic E-state index is 10.0. The molecule has 0 amide bonds. The standard InChI is InChI=1S/C17H21N5O/c1-10-7-11(2)18-16-15(10)17-19-12(3)8-14(22(17)20-16)21-6-4-5-13(23)9-21/h7-8,13,23H,4-6,9H2,1-3H3/t13-/m1/s1. The lowest BCUT2D eigenvalue weighted by Crippen LogP contribution is -2.39. The number of pyridine rings is 1. The van der Waals surface area contributed by atoms with Gasteiger partial charge in [-0.25, -0.2) is 9.97 Å². The van der Waals surface area contributed by atoms with Crippen LogP contribution in [0, 0.1) is 20.8 Å². The van der Waals surface area contributed by atoms with Gasteiger partial charge in [0.15, 0.2) is 11.3 Å². The van der Waals surface area contributed by atoms with Crippen LogP contribution >= 0.6 is 0 Å². The van der Waals surface area contributed by atoms with E-state index < -0.39 is 0 Å². The Morgan fingerprint density at radius 2 is 1.91 bits per heavy atom. The molecule has 4 rings (SSSR count). The van der Waals surface area contributed by atoms with E-state index in [1.165, 1.54) is 0 Å². The first-order chi connectivity index (χ1) is 11.0. The fraction of sp³-hybridized carbons (Fsp3) is 0.471. The summed E-state index contributed by atoms with van der Waals surface area (Å²) in [5.74, 6) is 0.987. The molecule has 120 valence electrons. The molecule has 4 heterocycles. The maximum Gasteiger partial charge on any atom is 0.184 e. The van der Waals surface area contributed by atoms with Crippen LogP contribution in [0.1, 0.15) is 29.8 Å². The van der Waals surface area contributed by atoms with E-state index in [-0.39, 0.29) is 6.10 Å². The van der Waals surface area contributed by atoms with Crippen molar-refractivity contribution in [1.82, 2.24) is 19.6 Å². The Labute approximate surface area is 134 Å². The molecule has 1 aliphatic rings. The maximum absolute atomic E-state index is 10.0. The van der Waals surface area contributed by atoms with E-state index in [9.17, 15) is 5.11 Å². The van der Waals surface area contributed by atoms with Crippen LogP contribution in [0.4, 0.5) is 5.82 Å². The van der Waals surface area contributed by atoms with Crippen molar-refractivity contribution in [3.63, 3.8) is 0 Å². The van der Waals surface area contributed by atoms with Crippen LogP contribution < -0.4 is 4.90 Å². The molecule has 1 aliphatic heterocycles. The summed E-state index contributed by atoms with van der Waals surface area (Å²) in [7, 11) is 0. The van der Waals surface area contributed by atoms with Gasteiger partial charge in [0.05, 0.1) is 11.5 Å². The van der Waals surface area contributed by atoms with Crippen molar-refractivity contribution < 1.29 is 5.11 Å². The summed E-state index contributed by atoms with van der Waals surface area (Å²) in [6, 6.07) is 4.11. The lowest BCUT2D eigenvalue weighted by Gasteiger charge is -2.31. The van der Waals surface area contributed by atoms with Gasteiger partial charge in [-0.05, 0) is 45.2 Å². The molecule has 0 spiro atoms. The molecule has 1 saturated heterocycles. The number of hydrogen-bond acceptors (Lipinski definition) is 5. The lowest BCUT2D eigenvalue weighted by atomic mass is 10.1. The van der Waals surface area contributed by atoms with Crippen LogP contribution in [0.15, 0.2) is 12.1 Å². The monoisotopic (exact) mass is 311 g/mol. The van der Waals surface area contributed by atoms with Crippen LogP contribution in [0.3, 0.4) is 0 Å². The number of anilines is 1. The van der Waals surface area contributed by atoms with E-state index in [0.717, 1.165) is 58.8 Å². The van der Waals surface area contributed by atoms with Crippen molar-refractivity contribution >= 4 is 22.5 Å². The molecule has 1 N–H and O–H groups in total. The number of aryl methyl sites for hydroxylation is 3. The summed E-state index contributed by atoms with van der Waals surface area (Å²) >= 11 is 0. The van der Waals surface area contributed by atoms with Crippen LogP contribution in [-0.2, 0) is 0 Å². The van der Waals surface area contributed by atoms with Gasteiger partial charge < -0.3 is 10.0 Å². The number of aromatic nitrogens is 4. The zero-order valence-corrected chi connectivity index (χ0v) is 13.7. The number of aliphatic hydroxyl groups excluding tert-OH is 1. The first-order valence-corrected chi connectivity index (χ1v) is 8.10. The Morgan fingerprint density at radius 3 is 2.70 bits per heavy atom. The molecule has 6 nitrogen and oxygen atoms in total. The Balaban J connectivity index is 1.99. The number of aliphatic hydroxyl groups is 1. The third-order valence-corrected chi connectivity index (χ3v) is 4.50. The molecule has 1 fully saturated rings. The molecule has 0 unspecified atom stereocenters. The topological polar surface area (TPSA) is 66.5 Å². The van der Waals surface area contributed by atoms with Gasteiger partial charge in [-0.3, -0.25) is 0 Å². The second kappa shape index (κ2) is 5.16. The predicted octanol–water partition coefficient (Wildman–Crippen LogP) is 2.16. The Morgan fingerprint density at radius 1 is 1.13 bits per heavy atom. The molecule has 0 radical (unpaired) electrons. The lowest BCUT2D eigenvalue weighted by molar-refractivity contribution is 0.153. The number of hydrogen-bond donors (Lipinski definition) is 1.